The van der Waals surface area contributed by atoms with Gasteiger partial charge in [-0.05, 0) is 12.5 Å². The van der Waals surface area contributed by atoms with Crippen LogP contribution in [0.5, 0.6) is 0 Å². The van der Waals surface area contributed by atoms with Gasteiger partial charge >= 0.3 is 6.09 Å². The molecule has 20 heavy (non-hydrogen) atoms. The summed E-state index contributed by atoms with van der Waals surface area (Å²) >= 11 is 0. The van der Waals surface area contributed by atoms with Crippen LogP contribution in [0.1, 0.15) is 18.1 Å². The molecule has 7 nitrogen and oxygen atoms in total. The molecule has 0 aliphatic rings. The SMILES string of the molecule is C[C@H](N)C(=O)NCc1ccc(C(=N)NC(=O)O)cc1.Cl. The topological polar surface area (TPSA) is 128 Å². The third-order valence-corrected chi connectivity index (χ3v) is 2.35. The maximum Gasteiger partial charge on any atom is 0.410 e. The molecule has 0 heterocycles. The fraction of sp³-hybridized carbons (Fsp3) is 0.250. The molecular formula is C12H17ClN4O3. The van der Waals surface area contributed by atoms with Crippen LogP contribution in [0.25, 0.3) is 0 Å². The van der Waals surface area contributed by atoms with E-state index in [4.69, 9.17) is 16.2 Å². The van der Waals surface area contributed by atoms with Gasteiger partial charge in [-0.1, -0.05) is 24.3 Å². The lowest BCUT2D eigenvalue weighted by Gasteiger charge is -2.08. The minimum absolute atomic E-state index is 0. The third-order valence-electron chi connectivity index (χ3n) is 2.35. The van der Waals surface area contributed by atoms with E-state index in [1.165, 1.54) is 0 Å². The van der Waals surface area contributed by atoms with Gasteiger partial charge in [0, 0.05) is 12.1 Å². The maximum atomic E-state index is 11.3. The Hall–Kier alpha value is -2.12. The fourth-order valence-electron chi connectivity index (χ4n) is 1.32. The van der Waals surface area contributed by atoms with E-state index < -0.39 is 12.1 Å². The molecule has 0 spiro atoms. The third kappa shape index (κ3) is 5.68. The Morgan fingerprint density at radius 3 is 2.35 bits per heavy atom. The molecule has 0 saturated carbocycles. The molecule has 0 bridgehead atoms. The van der Waals surface area contributed by atoms with Gasteiger partial charge in [0.25, 0.3) is 0 Å². The van der Waals surface area contributed by atoms with Crippen LogP contribution < -0.4 is 16.4 Å². The molecule has 0 unspecified atom stereocenters. The van der Waals surface area contributed by atoms with Crippen molar-refractivity contribution in [1.82, 2.24) is 10.6 Å². The van der Waals surface area contributed by atoms with Crippen LogP contribution in [0.4, 0.5) is 4.79 Å². The lowest BCUT2D eigenvalue weighted by atomic mass is 10.1. The summed E-state index contributed by atoms with van der Waals surface area (Å²) in [5.74, 6) is -0.442. The van der Waals surface area contributed by atoms with Crippen molar-refractivity contribution in [1.29, 1.82) is 5.41 Å². The number of amidine groups is 1. The van der Waals surface area contributed by atoms with E-state index in [0.29, 0.717) is 12.1 Å². The number of hydrogen-bond donors (Lipinski definition) is 5. The first-order valence-electron chi connectivity index (χ1n) is 5.61. The largest absolute Gasteiger partial charge is 0.465 e. The van der Waals surface area contributed by atoms with Gasteiger partial charge in [-0.25, -0.2) is 4.79 Å². The summed E-state index contributed by atoms with van der Waals surface area (Å²) in [6.45, 7) is 1.93. The predicted octanol–water partition coefficient (Wildman–Crippen LogP) is 0.665. The number of rotatable bonds is 4. The van der Waals surface area contributed by atoms with Crippen LogP contribution >= 0.6 is 12.4 Å². The molecule has 8 heteroatoms. The molecule has 2 amide bonds. The highest BCUT2D eigenvalue weighted by molar-refractivity contribution is 6.04. The zero-order valence-electron chi connectivity index (χ0n) is 10.8. The molecule has 0 aliphatic carbocycles. The summed E-state index contributed by atoms with van der Waals surface area (Å²) < 4.78 is 0. The average molecular weight is 301 g/mol. The summed E-state index contributed by atoms with van der Waals surface area (Å²) in [6.07, 6.45) is -1.28. The van der Waals surface area contributed by atoms with Crippen molar-refractivity contribution in [3.8, 4) is 0 Å². The minimum atomic E-state index is -1.28. The number of carbonyl (C=O) groups excluding carboxylic acids is 1. The van der Waals surface area contributed by atoms with E-state index in [1.54, 1.807) is 31.2 Å². The molecule has 0 fully saturated rings. The Labute approximate surface area is 122 Å². The number of benzene rings is 1. The van der Waals surface area contributed by atoms with E-state index in [0.717, 1.165) is 5.56 Å². The van der Waals surface area contributed by atoms with Crippen LogP contribution in [0, 0.1) is 5.41 Å². The molecule has 1 aromatic rings. The smallest absolute Gasteiger partial charge is 0.410 e. The first-order valence-corrected chi connectivity index (χ1v) is 5.61. The first kappa shape index (κ1) is 17.9. The van der Waals surface area contributed by atoms with E-state index in [2.05, 4.69) is 5.32 Å². The minimum Gasteiger partial charge on any atom is -0.465 e. The van der Waals surface area contributed by atoms with E-state index in [1.807, 2.05) is 5.32 Å². The Morgan fingerprint density at radius 2 is 1.90 bits per heavy atom. The van der Waals surface area contributed by atoms with Gasteiger partial charge in [0.1, 0.15) is 5.84 Å². The van der Waals surface area contributed by atoms with Gasteiger partial charge in [0.15, 0.2) is 0 Å². The molecule has 6 N–H and O–H groups in total. The number of hydrogen-bond acceptors (Lipinski definition) is 4. The number of nitrogens with two attached hydrogens (primary N) is 1. The summed E-state index contributed by atoms with van der Waals surface area (Å²) in [5, 5.41) is 20.6. The Balaban J connectivity index is 0.00000361. The normalized spacial score (nSPS) is 10.9. The van der Waals surface area contributed by atoms with Crippen LogP contribution in [-0.4, -0.2) is 29.0 Å². The predicted molar refractivity (Wildman–Crippen MR) is 77.2 cm³/mol. The van der Waals surface area contributed by atoms with Crippen LogP contribution in [0.2, 0.25) is 0 Å². The Bertz CT molecular complexity index is 488. The van der Waals surface area contributed by atoms with Crippen LogP contribution in [0.15, 0.2) is 24.3 Å². The highest BCUT2D eigenvalue weighted by Crippen LogP contribution is 2.04. The summed E-state index contributed by atoms with van der Waals surface area (Å²) in [6, 6.07) is 6.05. The highest BCUT2D eigenvalue weighted by Gasteiger charge is 2.07. The quantitative estimate of drug-likeness (QED) is 0.413. The fourth-order valence-corrected chi connectivity index (χ4v) is 1.32. The first-order chi connectivity index (χ1) is 8.90. The van der Waals surface area contributed by atoms with Gasteiger partial charge in [-0.15, -0.1) is 12.4 Å². The Morgan fingerprint density at radius 1 is 1.35 bits per heavy atom. The van der Waals surface area contributed by atoms with Gasteiger partial charge in [0.05, 0.1) is 6.04 Å². The summed E-state index contributed by atoms with van der Waals surface area (Å²) in [5.41, 5.74) is 6.69. The average Bonchev–Trinajstić information content (AvgIpc) is 2.35. The van der Waals surface area contributed by atoms with Gasteiger partial charge < -0.3 is 16.2 Å². The van der Waals surface area contributed by atoms with E-state index in [9.17, 15) is 9.59 Å². The molecule has 0 aromatic heterocycles. The molecule has 1 aromatic carbocycles. The number of nitrogens with one attached hydrogen (secondary N) is 3. The second-order valence-corrected chi connectivity index (χ2v) is 4.01. The zero-order chi connectivity index (χ0) is 14.4. The van der Waals surface area contributed by atoms with E-state index >= 15 is 0 Å². The molecule has 0 aliphatic heterocycles. The second kappa shape index (κ2) is 8.13. The zero-order valence-corrected chi connectivity index (χ0v) is 11.7. The van der Waals surface area contributed by atoms with Crippen molar-refractivity contribution in [2.75, 3.05) is 0 Å². The van der Waals surface area contributed by atoms with Crippen molar-refractivity contribution in [2.45, 2.75) is 19.5 Å². The second-order valence-electron chi connectivity index (χ2n) is 4.01. The van der Waals surface area contributed by atoms with Crippen molar-refractivity contribution in [3.05, 3.63) is 35.4 Å². The van der Waals surface area contributed by atoms with Crippen molar-refractivity contribution >= 4 is 30.2 Å². The Kier molecular flexibility index (Phi) is 7.27. The summed E-state index contributed by atoms with van der Waals surface area (Å²) in [7, 11) is 0. The molecule has 110 valence electrons. The van der Waals surface area contributed by atoms with E-state index in [-0.39, 0.29) is 24.1 Å². The standard InChI is InChI=1S/C12H16N4O3.ClH/c1-7(13)11(17)15-6-8-2-4-9(5-3-8)10(14)16-12(18)19;/h2-5,7H,6,13H2,1H3,(H2,14,16)(H,15,17)(H,18,19);1H/t7-;/m0./s1. The maximum absolute atomic E-state index is 11.3. The number of halogens is 1. The monoisotopic (exact) mass is 300 g/mol. The van der Waals surface area contributed by atoms with Crippen molar-refractivity contribution < 1.29 is 14.7 Å². The van der Waals surface area contributed by atoms with Crippen molar-refractivity contribution in [3.63, 3.8) is 0 Å². The molecule has 0 saturated heterocycles. The summed E-state index contributed by atoms with van der Waals surface area (Å²) in [4.78, 5) is 21.6. The molecule has 0 radical (unpaired) electrons. The highest BCUT2D eigenvalue weighted by atomic mass is 35.5. The van der Waals surface area contributed by atoms with Crippen molar-refractivity contribution in [2.24, 2.45) is 5.73 Å². The van der Waals surface area contributed by atoms with Gasteiger partial charge in [-0.2, -0.15) is 0 Å². The lowest BCUT2D eigenvalue weighted by Crippen LogP contribution is -2.37. The van der Waals surface area contributed by atoms with Crippen LogP contribution in [-0.2, 0) is 11.3 Å². The number of amides is 2. The van der Waals surface area contributed by atoms with Gasteiger partial charge in [-0.3, -0.25) is 15.5 Å². The van der Waals surface area contributed by atoms with Gasteiger partial charge in [0.2, 0.25) is 5.91 Å². The molecule has 1 rings (SSSR count). The lowest BCUT2D eigenvalue weighted by molar-refractivity contribution is -0.122. The number of carboxylic acid groups (broad SMARTS) is 1. The van der Waals surface area contributed by atoms with Crippen LogP contribution in [0.3, 0.4) is 0 Å². The molecule has 1 atom stereocenters. The number of carbonyl (C=O) groups is 2. The molecular weight excluding hydrogens is 284 g/mol.